The maximum atomic E-state index is 12.4. The highest BCUT2D eigenvalue weighted by atomic mass is 32.1. The van der Waals surface area contributed by atoms with Crippen LogP contribution in [0, 0.1) is 6.92 Å². The van der Waals surface area contributed by atoms with Gasteiger partial charge < -0.3 is 14.6 Å². The van der Waals surface area contributed by atoms with E-state index >= 15 is 0 Å². The van der Waals surface area contributed by atoms with Crippen LogP contribution in [0.5, 0.6) is 5.75 Å². The minimum atomic E-state index is -4.75. The summed E-state index contributed by atoms with van der Waals surface area (Å²) in [5.74, 6) is 0.881. The molecule has 0 unspecified atom stereocenters. The molecule has 0 aliphatic heterocycles. The van der Waals surface area contributed by atoms with E-state index in [0.717, 1.165) is 17.1 Å². The zero-order valence-electron chi connectivity index (χ0n) is 18.9. The maximum absolute atomic E-state index is 12.4. The predicted molar refractivity (Wildman–Crippen MR) is 127 cm³/mol. The summed E-state index contributed by atoms with van der Waals surface area (Å²) in [5.41, 5.74) is 2.88. The number of benzene rings is 1. The highest BCUT2D eigenvalue weighted by Crippen LogP contribution is 2.27. The third kappa shape index (κ3) is 5.71. The van der Waals surface area contributed by atoms with Gasteiger partial charge in [-0.1, -0.05) is 11.2 Å². The number of nitrogens with one attached hydrogen (secondary N) is 1. The zero-order valence-corrected chi connectivity index (χ0v) is 19.7. The Balaban J connectivity index is 1.27. The Morgan fingerprint density at radius 3 is 2.69 bits per heavy atom. The van der Waals surface area contributed by atoms with E-state index in [4.69, 9.17) is 4.52 Å². The van der Waals surface area contributed by atoms with Crippen LogP contribution >= 0.6 is 11.3 Å². The molecule has 5 rings (SSSR count). The number of halogens is 3. The average molecular weight is 513 g/mol. The van der Waals surface area contributed by atoms with Crippen molar-refractivity contribution >= 4 is 17.2 Å². The number of hydrogen-bond donors (Lipinski definition) is 1. The molecule has 0 amide bonds. The lowest BCUT2D eigenvalue weighted by atomic mass is 10.2. The van der Waals surface area contributed by atoms with Crippen LogP contribution in [0.1, 0.15) is 16.1 Å². The number of hydrogen-bond acceptors (Lipinski definition) is 8. The third-order valence-electron chi connectivity index (χ3n) is 5.15. The molecule has 1 N–H and O–H groups in total. The Kier molecular flexibility index (Phi) is 6.42. The standard InChI is InChI=1S/C24H19F3N6O2S/c1-15-11-20(23-30-22(32-35-23)17-4-6-18(7-5-17)34-24(25,26)27)31-33(15)14-16-8-9-28-21(12-16)29-13-19-3-2-10-36-19/h2-12H,13-14H2,1H3,(H,28,29). The number of nitrogens with zero attached hydrogens (tertiary/aromatic N) is 5. The number of anilines is 1. The fourth-order valence-electron chi connectivity index (χ4n) is 3.46. The molecule has 5 aromatic rings. The second-order valence-electron chi connectivity index (χ2n) is 7.81. The monoisotopic (exact) mass is 512 g/mol. The van der Waals surface area contributed by atoms with Gasteiger partial charge in [-0.05, 0) is 66.4 Å². The number of alkyl halides is 3. The number of rotatable bonds is 8. The molecule has 0 saturated heterocycles. The van der Waals surface area contributed by atoms with Crippen LogP contribution in [0.2, 0.25) is 0 Å². The van der Waals surface area contributed by atoms with E-state index in [9.17, 15) is 13.2 Å². The second kappa shape index (κ2) is 9.82. The van der Waals surface area contributed by atoms with Crippen molar-refractivity contribution in [2.24, 2.45) is 0 Å². The molecular weight excluding hydrogens is 493 g/mol. The van der Waals surface area contributed by atoms with Gasteiger partial charge in [0.2, 0.25) is 5.82 Å². The summed E-state index contributed by atoms with van der Waals surface area (Å²) >= 11 is 1.68. The van der Waals surface area contributed by atoms with Gasteiger partial charge in [0.25, 0.3) is 5.89 Å². The van der Waals surface area contributed by atoms with Gasteiger partial charge in [-0.15, -0.1) is 24.5 Å². The van der Waals surface area contributed by atoms with Gasteiger partial charge in [-0.25, -0.2) is 4.98 Å². The molecule has 36 heavy (non-hydrogen) atoms. The molecule has 0 radical (unpaired) electrons. The predicted octanol–water partition coefficient (Wildman–Crippen LogP) is 5.92. The van der Waals surface area contributed by atoms with Crippen LogP contribution in [-0.4, -0.2) is 31.3 Å². The molecule has 0 bridgehead atoms. The Morgan fingerprint density at radius 1 is 1.11 bits per heavy atom. The number of ether oxygens (including phenoxy) is 1. The molecule has 0 aliphatic rings. The van der Waals surface area contributed by atoms with Crippen molar-refractivity contribution < 1.29 is 22.4 Å². The Labute approximate surface area is 207 Å². The Hall–Kier alpha value is -4.19. The summed E-state index contributed by atoms with van der Waals surface area (Å²) in [7, 11) is 0. The van der Waals surface area contributed by atoms with E-state index in [0.29, 0.717) is 24.3 Å². The smallest absolute Gasteiger partial charge is 0.406 e. The van der Waals surface area contributed by atoms with Crippen molar-refractivity contribution in [1.29, 1.82) is 0 Å². The van der Waals surface area contributed by atoms with Crippen molar-refractivity contribution in [1.82, 2.24) is 24.9 Å². The van der Waals surface area contributed by atoms with Crippen LogP contribution in [0.15, 0.2) is 70.7 Å². The van der Waals surface area contributed by atoms with Gasteiger partial charge in [-0.2, -0.15) is 10.1 Å². The summed E-state index contributed by atoms with van der Waals surface area (Å²) < 4.78 is 48.1. The second-order valence-corrected chi connectivity index (χ2v) is 8.84. The third-order valence-corrected chi connectivity index (χ3v) is 6.03. The minimum Gasteiger partial charge on any atom is -0.406 e. The number of pyridine rings is 1. The van der Waals surface area contributed by atoms with Crippen molar-refractivity contribution in [2.75, 3.05) is 5.32 Å². The SMILES string of the molecule is Cc1cc(-c2nc(-c3ccc(OC(F)(F)F)cc3)no2)nn1Cc1ccnc(NCc2cccs2)c1. The molecule has 4 heterocycles. The highest BCUT2D eigenvalue weighted by molar-refractivity contribution is 7.09. The summed E-state index contributed by atoms with van der Waals surface area (Å²) in [6.45, 7) is 3.14. The molecule has 0 atom stereocenters. The van der Waals surface area contributed by atoms with E-state index in [1.54, 1.807) is 17.5 Å². The lowest BCUT2D eigenvalue weighted by Gasteiger charge is -2.08. The van der Waals surface area contributed by atoms with Crippen LogP contribution in [0.3, 0.4) is 0 Å². The summed E-state index contributed by atoms with van der Waals surface area (Å²) in [6.07, 6.45) is -3.00. The summed E-state index contributed by atoms with van der Waals surface area (Å²) in [4.78, 5) is 9.94. The van der Waals surface area contributed by atoms with Crippen LogP contribution < -0.4 is 10.1 Å². The number of aromatic nitrogens is 5. The maximum Gasteiger partial charge on any atom is 0.573 e. The minimum absolute atomic E-state index is 0.204. The molecule has 4 aromatic heterocycles. The molecule has 0 aliphatic carbocycles. The number of aryl methyl sites for hydroxylation is 1. The van der Waals surface area contributed by atoms with Gasteiger partial charge in [0, 0.05) is 22.3 Å². The van der Waals surface area contributed by atoms with Gasteiger partial charge >= 0.3 is 6.36 Å². The first-order valence-electron chi connectivity index (χ1n) is 10.8. The molecule has 1 aromatic carbocycles. The highest BCUT2D eigenvalue weighted by Gasteiger charge is 2.31. The molecular formula is C24H19F3N6O2S. The Bertz CT molecular complexity index is 1450. The first-order valence-corrected chi connectivity index (χ1v) is 11.7. The molecule has 8 nitrogen and oxygen atoms in total. The van der Waals surface area contributed by atoms with Gasteiger partial charge in [0.15, 0.2) is 5.69 Å². The average Bonchev–Trinajstić information content (AvgIpc) is 3.60. The molecule has 0 saturated carbocycles. The van der Waals surface area contributed by atoms with Gasteiger partial charge in [0.05, 0.1) is 13.1 Å². The molecule has 12 heteroatoms. The Morgan fingerprint density at radius 2 is 1.94 bits per heavy atom. The molecule has 0 spiro atoms. The van der Waals surface area contributed by atoms with Crippen LogP contribution in [-0.2, 0) is 13.1 Å². The van der Waals surface area contributed by atoms with Crippen LogP contribution in [0.25, 0.3) is 23.0 Å². The lowest BCUT2D eigenvalue weighted by Crippen LogP contribution is -2.16. The van der Waals surface area contributed by atoms with Crippen molar-refractivity contribution in [3.63, 3.8) is 0 Å². The first-order chi connectivity index (χ1) is 17.3. The van der Waals surface area contributed by atoms with Crippen molar-refractivity contribution in [3.8, 4) is 28.7 Å². The molecule has 0 fully saturated rings. The fraction of sp³-hybridized carbons (Fsp3) is 0.167. The normalized spacial score (nSPS) is 11.6. The first kappa shape index (κ1) is 23.5. The van der Waals surface area contributed by atoms with E-state index in [-0.39, 0.29) is 17.5 Å². The largest absolute Gasteiger partial charge is 0.573 e. The zero-order chi connectivity index (χ0) is 25.1. The van der Waals surface area contributed by atoms with Crippen molar-refractivity contribution in [2.45, 2.75) is 26.4 Å². The van der Waals surface area contributed by atoms with E-state index in [1.165, 1.54) is 29.1 Å². The quantitative estimate of drug-likeness (QED) is 0.276. The van der Waals surface area contributed by atoms with E-state index in [1.807, 2.05) is 41.3 Å². The van der Waals surface area contributed by atoms with E-state index < -0.39 is 6.36 Å². The molecule has 184 valence electrons. The van der Waals surface area contributed by atoms with Gasteiger partial charge in [-0.3, -0.25) is 4.68 Å². The number of thiophene rings is 1. The van der Waals surface area contributed by atoms with Crippen LogP contribution in [0.4, 0.5) is 19.0 Å². The van der Waals surface area contributed by atoms with Crippen molar-refractivity contribution in [3.05, 3.63) is 82.3 Å². The van der Waals surface area contributed by atoms with E-state index in [2.05, 4.69) is 36.3 Å². The topological polar surface area (TPSA) is 90.9 Å². The summed E-state index contributed by atoms with van der Waals surface area (Å²) in [5, 5.41) is 13.9. The lowest BCUT2D eigenvalue weighted by molar-refractivity contribution is -0.274. The summed E-state index contributed by atoms with van der Waals surface area (Å²) in [6, 6.07) is 15.0. The fourth-order valence-corrected chi connectivity index (χ4v) is 4.10. The van der Waals surface area contributed by atoms with Gasteiger partial charge in [0.1, 0.15) is 11.6 Å².